The van der Waals surface area contributed by atoms with Crippen molar-refractivity contribution in [1.82, 2.24) is 10.2 Å². The van der Waals surface area contributed by atoms with Gasteiger partial charge in [-0.05, 0) is 42.8 Å². The van der Waals surface area contributed by atoms with Crippen LogP contribution < -0.4 is 10.1 Å². The Kier molecular flexibility index (Phi) is 4.79. The molecule has 0 unspecified atom stereocenters. The van der Waals surface area contributed by atoms with Crippen molar-refractivity contribution in [1.29, 1.82) is 0 Å². The number of nitrogens with one attached hydrogen (secondary N) is 1. The second-order valence-electron chi connectivity index (χ2n) is 5.65. The van der Waals surface area contributed by atoms with Crippen molar-refractivity contribution in [3.05, 3.63) is 65.9 Å². The van der Waals surface area contributed by atoms with Gasteiger partial charge in [0.05, 0.1) is 24.1 Å². The first-order valence-electron chi connectivity index (χ1n) is 7.80. The second-order valence-corrected chi connectivity index (χ2v) is 5.65. The number of rotatable bonds is 4. The summed E-state index contributed by atoms with van der Waals surface area (Å²) in [5, 5.41) is 11.2. The zero-order chi connectivity index (χ0) is 18.7. The lowest BCUT2D eigenvalue weighted by Gasteiger charge is -2.15. The first-order valence-corrected chi connectivity index (χ1v) is 7.80. The largest absolute Gasteiger partial charge is 0.495 e. The Bertz CT molecular complexity index is 926. The number of para-hydroxylation sites is 2. The standard InChI is InChI=1S/C19H16F3N3O/c1-12-10-15(13-6-5-7-14(11-13)19(20,21)22)18(25-24-12)23-16-8-3-4-9-17(16)26-2/h3-11H,1-2H3,(H,23,25). The Labute approximate surface area is 148 Å². The predicted molar refractivity (Wildman–Crippen MR) is 93.5 cm³/mol. The maximum absolute atomic E-state index is 13.0. The highest BCUT2D eigenvalue weighted by atomic mass is 19.4. The van der Waals surface area contributed by atoms with Crippen molar-refractivity contribution >= 4 is 11.5 Å². The molecule has 0 bridgehead atoms. The zero-order valence-corrected chi connectivity index (χ0v) is 14.1. The Hall–Kier alpha value is -3.09. The van der Waals surface area contributed by atoms with Gasteiger partial charge in [0.2, 0.25) is 0 Å². The minimum Gasteiger partial charge on any atom is -0.495 e. The van der Waals surface area contributed by atoms with Gasteiger partial charge in [0, 0.05) is 5.56 Å². The smallest absolute Gasteiger partial charge is 0.416 e. The average molecular weight is 359 g/mol. The van der Waals surface area contributed by atoms with Crippen LogP contribution in [0.15, 0.2) is 54.6 Å². The molecule has 0 spiro atoms. The topological polar surface area (TPSA) is 47.0 Å². The number of hydrogen-bond donors (Lipinski definition) is 1. The Morgan fingerprint density at radius 2 is 1.73 bits per heavy atom. The number of halogens is 3. The van der Waals surface area contributed by atoms with Crippen LogP contribution in [-0.4, -0.2) is 17.3 Å². The van der Waals surface area contributed by atoms with Crippen LogP contribution in [0.2, 0.25) is 0 Å². The van der Waals surface area contributed by atoms with E-state index in [1.165, 1.54) is 13.2 Å². The predicted octanol–water partition coefficient (Wildman–Crippen LogP) is 5.22. The molecule has 0 aliphatic carbocycles. The van der Waals surface area contributed by atoms with Gasteiger partial charge in [0.15, 0.2) is 5.82 Å². The summed E-state index contributed by atoms with van der Waals surface area (Å²) in [5.41, 5.74) is 1.45. The number of aryl methyl sites for hydroxylation is 1. The number of hydrogen-bond acceptors (Lipinski definition) is 4. The van der Waals surface area contributed by atoms with Crippen LogP contribution in [0.3, 0.4) is 0 Å². The molecule has 4 nitrogen and oxygen atoms in total. The fourth-order valence-electron chi connectivity index (χ4n) is 2.54. The van der Waals surface area contributed by atoms with Crippen molar-refractivity contribution in [3.63, 3.8) is 0 Å². The third-order valence-corrected chi connectivity index (χ3v) is 3.78. The van der Waals surface area contributed by atoms with E-state index in [9.17, 15) is 13.2 Å². The number of aromatic nitrogens is 2. The summed E-state index contributed by atoms with van der Waals surface area (Å²) in [6, 6.07) is 14.0. The third-order valence-electron chi connectivity index (χ3n) is 3.78. The molecule has 134 valence electrons. The molecule has 1 aromatic heterocycles. The molecule has 26 heavy (non-hydrogen) atoms. The van der Waals surface area contributed by atoms with Crippen LogP contribution in [-0.2, 0) is 6.18 Å². The van der Waals surface area contributed by atoms with Gasteiger partial charge < -0.3 is 10.1 Å². The van der Waals surface area contributed by atoms with Gasteiger partial charge in [0.1, 0.15) is 5.75 Å². The average Bonchev–Trinajstić information content (AvgIpc) is 2.63. The lowest BCUT2D eigenvalue weighted by Crippen LogP contribution is -2.05. The van der Waals surface area contributed by atoms with Crippen molar-refractivity contribution in [2.24, 2.45) is 0 Å². The fraction of sp³-hybridized carbons (Fsp3) is 0.158. The molecule has 0 saturated carbocycles. The van der Waals surface area contributed by atoms with Crippen molar-refractivity contribution in [2.75, 3.05) is 12.4 Å². The summed E-state index contributed by atoms with van der Waals surface area (Å²) in [5.74, 6) is 0.935. The molecule has 0 radical (unpaired) electrons. The number of ether oxygens (including phenoxy) is 1. The van der Waals surface area contributed by atoms with Crippen LogP contribution >= 0.6 is 0 Å². The van der Waals surface area contributed by atoms with Gasteiger partial charge in [0.25, 0.3) is 0 Å². The highest BCUT2D eigenvalue weighted by molar-refractivity contribution is 5.79. The molecule has 2 aromatic carbocycles. The highest BCUT2D eigenvalue weighted by Gasteiger charge is 2.30. The zero-order valence-electron chi connectivity index (χ0n) is 14.1. The number of alkyl halides is 3. The van der Waals surface area contributed by atoms with Gasteiger partial charge in [-0.2, -0.15) is 18.3 Å². The summed E-state index contributed by atoms with van der Waals surface area (Å²) in [6.07, 6.45) is -4.41. The third kappa shape index (κ3) is 3.77. The van der Waals surface area contributed by atoms with Gasteiger partial charge in [-0.1, -0.05) is 24.3 Å². The van der Waals surface area contributed by atoms with Crippen LogP contribution in [0, 0.1) is 6.92 Å². The molecule has 3 rings (SSSR count). The van der Waals surface area contributed by atoms with E-state index in [4.69, 9.17) is 4.74 Å². The molecule has 0 saturated heterocycles. The van der Waals surface area contributed by atoms with Crippen LogP contribution in [0.1, 0.15) is 11.3 Å². The molecule has 1 heterocycles. The number of anilines is 2. The number of nitrogens with zero attached hydrogens (tertiary/aromatic N) is 2. The van der Waals surface area contributed by atoms with Gasteiger partial charge in [-0.25, -0.2) is 0 Å². The normalized spacial score (nSPS) is 11.3. The highest BCUT2D eigenvalue weighted by Crippen LogP contribution is 2.35. The fourth-order valence-corrected chi connectivity index (χ4v) is 2.54. The summed E-state index contributed by atoms with van der Waals surface area (Å²) in [7, 11) is 1.54. The monoisotopic (exact) mass is 359 g/mol. The van der Waals surface area contributed by atoms with Crippen LogP contribution in [0.5, 0.6) is 5.75 Å². The van der Waals surface area contributed by atoms with Gasteiger partial charge in [-0.15, -0.1) is 5.10 Å². The van der Waals surface area contributed by atoms with Crippen LogP contribution in [0.25, 0.3) is 11.1 Å². The summed E-state index contributed by atoms with van der Waals surface area (Å²) in [6.45, 7) is 1.73. The van der Waals surface area contributed by atoms with Crippen molar-refractivity contribution in [2.45, 2.75) is 13.1 Å². The summed E-state index contributed by atoms with van der Waals surface area (Å²) in [4.78, 5) is 0. The first kappa shape index (κ1) is 17.7. The minimum atomic E-state index is -4.41. The van der Waals surface area contributed by atoms with E-state index in [2.05, 4.69) is 15.5 Å². The van der Waals surface area contributed by atoms with Crippen molar-refractivity contribution in [3.8, 4) is 16.9 Å². The molecule has 0 amide bonds. The Morgan fingerprint density at radius 3 is 2.46 bits per heavy atom. The van der Waals surface area contributed by atoms with E-state index in [0.29, 0.717) is 34.1 Å². The lowest BCUT2D eigenvalue weighted by atomic mass is 10.0. The molecular weight excluding hydrogens is 343 g/mol. The van der Waals surface area contributed by atoms with E-state index in [1.807, 2.05) is 12.1 Å². The number of methoxy groups -OCH3 is 1. The second kappa shape index (κ2) is 7.03. The molecule has 1 N–H and O–H groups in total. The summed E-state index contributed by atoms with van der Waals surface area (Å²) >= 11 is 0. The van der Waals surface area contributed by atoms with E-state index in [1.54, 1.807) is 31.2 Å². The van der Waals surface area contributed by atoms with Gasteiger partial charge >= 0.3 is 6.18 Å². The first-order chi connectivity index (χ1) is 12.4. The molecule has 0 atom stereocenters. The number of benzene rings is 2. The molecule has 0 aliphatic heterocycles. The summed E-state index contributed by atoms with van der Waals surface area (Å²) < 4.78 is 44.4. The van der Waals surface area contributed by atoms with E-state index in [0.717, 1.165) is 12.1 Å². The Morgan fingerprint density at radius 1 is 0.962 bits per heavy atom. The quantitative estimate of drug-likeness (QED) is 0.693. The molecule has 7 heteroatoms. The minimum absolute atomic E-state index is 0.347. The van der Waals surface area contributed by atoms with E-state index < -0.39 is 11.7 Å². The van der Waals surface area contributed by atoms with Gasteiger partial charge in [-0.3, -0.25) is 0 Å². The lowest BCUT2D eigenvalue weighted by molar-refractivity contribution is -0.137. The SMILES string of the molecule is COc1ccccc1Nc1nnc(C)cc1-c1cccc(C(F)(F)F)c1. The maximum Gasteiger partial charge on any atom is 0.416 e. The van der Waals surface area contributed by atoms with Crippen LogP contribution in [0.4, 0.5) is 24.7 Å². The molecule has 0 aliphatic rings. The Balaban J connectivity index is 2.07. The van der Waals surface area contributed by atoms with E-state index in [-0.39, 0.29) is 0 Å². The van der Waals surface area contributed by atoms with E-state index >= 15 is 0 Å². The van der Waals surface area contributed by atoms with Crippen molar-refractivity contribution < 1.29 is 17.9 Å². The molecular formula is C19H16F3N3O. The maximum atomic E-state index is 13.0. The molecule has 3 aromatic rings. The molecule has 0 fully saturated rings.